The molecule has 0 N–H and O–H groups in total. The summed E-state index contributed by atoms with van der Waals surface area (Å²) in [5.74, 6) is 0.859. The number of amides is 1. The van der Waals surface area contributed by atoms with Crippen LogP contribution in [0.1, 0.15) is 44.6 Å². The molecule has 0 saturated carbocycles. The van der Waals surface area contributed by atoms with E-state index in [1.54, 1.807) is 0 Å². The lowest BCUT2D eigenvalue weighted by Gasteiger charge is -2.34. The number of amidine groups is 1. The molecule has 3 heterocycles. The Morgan fingerprint density at radius 1 is 1.00 bits per heavy atom. The highest BCUT2D eigenvalue weighted by atomic mass is 32.2. The summed E-state index contributed by atoms with van der Waals surface area (Å²) in [5.41, 5.74) is 3.52. The van der Waals surface area contributed by atoms with E-state index in [2.05, 4.69) is 71.4 Å². The zero-order chi connectivity index (χ0) is 25.1. The molecule has 1 amide bonds. The molecule has 3 saturated heterocycles. The lowest BCUT2D eigenvalue weighted by molar-refractivity contribution is -0.117. The van der Waals surface area contributed by atoms with Crippen LogP contribution in [0, 0.1) is 5.92 Å². The SMILES string of the molecule is CCCCC(=O)N=C1S[C@@H]2CS(=O)(=O)C[C@H]2N1c1ccc(N2CCC(Cc3ccccc3)CC2)cc1. The maximum absolute atomic E-state index is 12.4. The monoisotopic (exact) mass is 525 g/mol. The standard InChI is InChI=1S/C28H35N3O3S2/c1-2-3-9-27(32)29-28-31(25-19-36(33,34)20-26(25)35-28)24-12-10-23(11-13-24)30-16-14-22(15-17-30)18-21-7-5-4-6-8-21/h4-8,10-13,22,25-26H,2-3,9,14-20H2,1H3/t25-,26-/m1/s1. The smallest absolute Gasteiger partial charge is 0.248 e. The van der Waals surface area contributed by atoms with Gasteiger partial charge < -0.3 is 9.80 Å². The number of rotatable bonds is 7. The Hall–Kier alpha value is -2.32. The number of carbonyl (C=O) groups is 1. The first kappa shape index (κ1) is 25.3. The van der Waals surface area contributed by atoms with Gasteiger partial charge in [-0.15, -0.1) is 0 Å². The van der Waals surface area contributed by atoms with E-state index in [9.17, 15) is 13.2 Å². The van der Waals surface area contributed by atoms with Gasteiger partial charge in [0, 0.05) is 36.1 Å². The second kappa shape index (κ2) is 11.0. The Balaban J connectivity index is 1.27. The number of sulfone groups is 1. The number of aliphatic imine (C=N–C) groups is 1. The van der Waals surface area contributed by atoms with Gasteiger partial charge in [0.2, 0.25) is 5.91 Å². The van der Waals surface area contributed by atoms with Crippen molar-refractivity contribution in [2.24, 2.45) is 10.9 Å². The van der Waals surface area contributed by atoms with Crippen molar-refractivity contribution >= 4 is 44.0 Å². The second-order valence-electron chi connectivity index (χ2n) is 10.2. The van der Waals surface area contributed by atoms with Gasteiger partial charge in [0.05, 0.1) is 17.5 Å². The predicted molar refractivity (Wildman–Crippen MR) is 150 cm³/mol. The summed E-state index contributed by atoms with van der Waals surface area (Å²) in [5, 5.41) is 0.575. The number of fused-ring (bicyclic) bond motifs is 1. The van der Waals surface area contributed by atoms with Crippen molar-refractivity contribution in [1.29, 1.82) is 0 Å². The maximum Gasteiger partial charge on any atom is 0.248 e. The number of benzene rings is 2. The molecule has 8 heteroatoms. The Morgan fingerprint density at radius 3 is 2.39 bits per heavy atom. The molecule has 0 radical (unpaired) electrons. The molecule has 2 aromatic carbocycles. The van der Waals surface area contributed by atoms with E-state index in [-0.39, 0.29) is 28.7 Å². The van der Waals surface area contributed by atoms with Gasteiger partial charge in [0.15, 0.2) is 15.0 Å². The lowest BCUT2D eigenvalue weighted by Crippen LogP contribution is -2.38. The normalized spacial score (nSPS) is 24.9. The number of nitrogens with zero attached hydrogens (tertiary/aromatic N) is 3. The van der Waals surface area contributed by atoms with Crippen LogP contribution < -0.4 is 9.80 Å². The van der Waals surface area contributed by atoms with Gasteiger partial charge in [-0.2, -0.15) is 4.99 Å². The Labute approximate surface area is 219 Å². The van der Waals surface area contributed by atoms with Crippen LogP contribution in [-0.4, -0.2) is 55.4 Å². The van der Waals surface area contributed by atoms with Gasteiger partial charge in [-0.3, -0.25) is 4.79 Å². The number of carbonyl (C=O) groups excluding carboxylic acids is 1. The summed E-state index contributed by atoms with van der Waals surface area (Å²) >= 11 is 1.45. The van der Waals surface area contributed by atoms with Gasteiger partial charge >= 0.3 is 0 Å². The number of hydrogen-bond donors (Lipinski definition) is 0. The minimum atomic E-state index is -3.08. The van der Waals surface area contributed by atoms with E-state index >= 15 is 0 Å². The van der Waals surface area contributed by atoms with Crippen LogP contribution in [0.25, 0.3) is 0 Å². The van der Waals surface area contributed by atoms with Crippen LogP contribution >= 0.6 is 11.8 Å². The largest absolute Gasteiger partial charge is 0.372 e. The predicted octanol–water partition coefficient (Wildman–Crippen LogP) is 4.94. The summed E-state index contributed by atoms with van der Waals surface area (Å²) in [6.07, 6.45) is 5.70. The molecule has 0 bridgehead atoms. The molecular weight excluding hydrogens is 490 g/mol. The van der Waals surface area contributed by atoms with Crippen LogP contribution in [-0.2, 0) is 21.1 Å². The summed E-state index contributed by atoms with van der Waals surface area (Å²) in [6, 6.07) is 19.0. The topological polar surface area (TPSA) is 70.0 Å². The Morgan fingerprint density at radius 2 is 1.69 bits per heavy atom. The van der Waals surface area contributed by atoms with E-state index in [4.69, 9.17) is 0 Å². The third-order valence-electron chi connectivity index (χ3n) is 7.51. The van der Waals surface area contributed by atoms with Crippen molar-refractivity contribution in [3.8, 4) is 0 Å². The first-order chi connectivity index (χ1) is 17.4. The van der Waals surface area contributed by atoms with Crippen molar-refractivity contribution in [1.82, 2.24) is 0 Å². The molecule has 36 heavy (non-hydrogen) atoms. The second-order valence-corrected chi connectivity index (χ2v) is 13.6. The average molecular weight is 526 g/mol. The summed E-state index contributed by atoms with van der Waals surface area (Å²) in [6.45, 7) is 4.13. The van der Waals surface area contributed by atoms with Gasteiger partial charge in [0.25, 0.3) is 0 Å². The molecule has 2 atom stereocenters. The van der Waals surface area contributed by atoms with Gasteiger partial charge in [-0.05, 0) is 61.4 Å². The van der Waals surface area contributed by atoms with Crippen LogP contribution in [0.2, 0.25) is 0 Å². The quantitative estimate of drug-likeness (QED) is 0.510. The fraction of sp³-hybridized carbons (Fsp3) is 0.500. The molecule has 0 unspecified atom stereocenters. The first-order valence-corrected chi connectivity index (χ1v) is 15.8. The molecule has 0 aromatic heterocycles. The maximum atomic E-state index is 12.4. The molecule has 5 rings (SSSR count). The van der Waals surface area contributed by atoms with Crippen molar-refractivity contribution in [2.45, 2.75) is 56.7 Å². The van der Waals surface area contributed by atoms with Gasteiger partial charge in [0.1, 0.15) is 0 Å². The number of hydrogen-bond acceptors (Lipinski definition) is 5. The highest BCUT2D eigenvalue weighted by molar-refractivity contribution is 8.16. The summed E-state index contributed by atoms with van der Waals surface area (Å²) in [4.78, 5) is 21.3. The molecule has 3 fully saturated rings. The molecule has 3 aliphatic heterocycles. The van der Waals surface area contributed by atoms with E-state index < -0.39 is 9.84 Å². The van der Waals surface area contributed by atoms with Crippen molar-refractivity contribution < 1.29 is 13.2 Å². The zero-order valence-corrected chi connectivity index (χ0v) is 22.5. The number of unbranched alkanes of at least 4 members (excludes halogenated alkanes) is 1. The minimum Gasteiger partial charge on any atom is -0.372 e. The van der Waals surface area contributed by atoms with Crippen LogP contribution in [0.5, 0.6) is 0 Å². The van der Waals surface area contributed by atoms with E-state index in [0.717, 1.165) is 44.0 Å². The fourth-order valence-corrected chi connectivity index (χ4v) is 9.45. The van der Waals surface area contributed by atoms with Crippen molar-refractivity contribution in [3.05, 3.63) is 60.2 Å². The molecule has 192 valence electrons. The Kier molecular flexibility index (Phi) is 7.72. The molecule has 0 aliphatic carbocycles. The average Bonchev–Trinajstić information content (AvgIpc) is 3.34. The third-order valence-corrected chi connectivity index (χ3v) is 10.7. The van der Waals surface area contributed by atoms with Crippen LogP contribution in [0.4, 0.5) is 11.4 Å². The molecule has 6 nitrogen and oxygen atoms in total. The molecule has 0 spiro atoms. The van der Waals surface area contributed by atoms with Crippen molar-refractivity contribution in [3.63, 3.8) is 0 Å². The van der Waals surface area contributed by atoms with Gasteiger partial charge in [-0.25, -0.2) is 8.42 Å². The number of piperidine rings is 1. The molecular formula is C28H35N3O3S2. The summed E-state index contributed by atoms with van der Waals surface area (Å²) in [7, 11) is -3.08. The molecule has 2 aromatic rings. The van der Waals surface area contributed by atoms with E-state index in [1.165, 1.54) is 35.9 Å². The molecule has 3 aliphatic rings. The highest BCUT2D eigenvalue weighted by Gasteiger charge is 2.49. The first-order valence-electron chi connectivity index (χ1n) is 13.1. The third kappa shape index (κ3) is 5.80. The minimum absolute atomic E-state index is 0.0731. The lowest BCUT2D eigenvalue weighted by atomic mass is 9.90. The highest BCUT2D eigenvalue weighted by Crippen LogP contribution is 2.41. The Bertz CT molecular complexity index is 1190. The van der Waals surface area contributed by atoms with E-state index in [1.807, 2.05) is 4.90 Å². The summed E-state index contributed by atoms with van der Waals surface area (Å²) < 4.78 is 24.7. The van der Waals surface area contributed by atoms with Crippen LogP contribution in [0.3, 0.4) is 0 Å². The number of anilines is 2. The number of thioether (sulfide) groups is 1. The van der Waals surface area contributed by atoms with Gasteiger partial charge in [-0.1, -0.05) is 55.4 Å². The van der Waals surface area contributed by atoms with E-state index in [0.29, 0.717) is 11.6 Å². The van der Waals surface area contributed by atoms with Crippen LogP contribution in [0.15, 0.2) is 59.6 Å². The fourth-order valence-electron chi connectivity index (χ4n) is 5.52. The van der Waals surface area contributed by atoms with Crippen molar-refractivity contribution in [2.75, 3.05) is 34.4 Å². The zero-order valence-electron chi connectivity index (χ0n) is 20.9.